The van der Waals surface area contributed by atoms with Gasteiger partial charge in [-0.15, -0.1) is 0 Å². The highest BCUT2D eigenvalue weighted by Gasteiger charge is 2.17. The maximum Gasteiger partial charge on any atom is 0.243 e. The second kappa shape index (κ2) is 10.7. The number of rotatable bonds is 8. The third kappa shape index (κ3) is 7.45. The molecule has 6 nitrogen and oxygen atoms in total. The normalized spacial score (nSPS) is 16.1. The summed E-state index contributed by atoms with van der Waals surface area (Å²) in [5.41, 5.74) is 0. The summed E-state index contributed by atoms with van der Waals surface area (Å²) in [6.07, 6.45) is 5.27. The molecule has 0 heterocycles. The largest absolute Gasteiger partial charge is 0.489 e. The van der Waals surface area contributed by atoms with Crippen molar-refractivity contribution < 1.29 is 13.9 Å². The van der Waals surface area contributed by atoms with Gasteiger partial charge in [0.1, 0.15) is 24.2 Å². The van der Waals surface area contributed by atoms with Gasteiger partial charge in [0, 0.05) is 26.2 Å². The molecule has 27 heavy (non-hydrogen) atoms. The Balaban J connectivity index is 1.94. The van der Waals surface area contributed by atoms with Crippen molar-refractivity contribution in [2.45, 2.75) is 51.2 Å². The average Bonchev–Trinajstić information content (AvgIpc) is 3.15. The molecule has 2 N–H and O–H groups in total. The lowest BCUT2D eigenvalue weighted by molar-refractivity contribution is -0.127. The monoisotopic (exact) mass is 378 g/mol. The Morgan fingerprint density at radius 1 is 1.37 bits per heavy atom. The fourth-order valence-corrected chi connectivity index (χ4v) is 2.92. The number of ether oxygens (including phenoxy) is 1. The number of aliphatic imine (C=N–C) groups is 1. The summed E-state index contributed by atoms with van der Waals surface area (Å²) in [4.78, 5) is 17.8. The van der Waals surface area contributed by atoms with Crippen LogP contribution in [0.2, 0.25) is 0 Å². The zero-order valence-electron chi connectivity index (χ0n) is 16.5. The van der Waals surface area contributed by atoms with Gasteiger partial charge >= 0.3 is 0 Å². The maximum atomic E-state index is 13.3. The highest BCUT2D eigenvalue weighted by Crippen LogP contribution is 2.17. The minimum atomic E-state index is -0.317. The molecule has 150 valence electrons. The molecule has 1 saturated carbocycles. The number of carbonyl (C=O) groups excluding carboxylic acids is 1. The van der Waals surface area contributed by atoms with E-state index in [0.717, 1.165) is 19.3 Å². The van der Waals surface area contributed by atoms with Gasteiger partial charge in [-0.05, 0) is 31.4 Å². The van der Waals surface area contributed by atoms with Crippen LogP contribution in [0.3, 0.4) is 0 Å². The van der Waals surface area contributed by atoms with Crippen LogP contribution in [0.4, 0.5) is 4.39 Å². The number of likely N-dealkylation sites (N-methyl/N-ethyl adjacent to an activating group) is 1. The van der Waals surface area contributed by atoms with E-state index in [9.17, 15) is 9.18 Å². The van der Waals surface area contributed by atoms with Crippen molar-refractivity contribution in [3.63, 3.8) is 0 Å². The summed E-state index contributed by atoms with van der Waals surface area (Å²) in [6, 6.07) is 6.53. The number of amides is 1. The summed E-state index contributed by atoms with van der Waals surface area (Å²) < 4.78 is 19.2. The zero-order chi connectivity index (χ0) is 19.6. The van der Waals surface area contributed by atoms with Crippen molar-refractivity contribution in [1.29, 1.82) is 0 Å². The molecule has 1 aromatic rings. The molecular weight excluding hydrogens is 347 g/mol. The second-order valence-electron chi connectivity index (χ2n) is 7.07. The molecule has 0 bridgehead atoms. The van der Waals surface area contributed by atoms with Crippen molar-refractivity contribution in [2.24, 2.45) is 4.99 Å². The summed E-state index contributed by atoms with van der Waals surface area (Å²) in [5.74, 6) is 0.764. The Hall–Kier alpha value is -2.31. The summed E-state index contributed by atoms with van der Waals surface area (Å²) in [5, 5.41) is 6.69. The van der Waals surface area contributed by atoms with Gasteiger partial charge in [-0.25, -0.2) is 9.38 Å². The maximum absolute atomic E-state index is 13.3. The van der Waals surface area contributed by atoms with Gasteiger partial charge in [0.15, 0.2) is 5.96 Å². The highest BCUT2D eigenvalue weighted by molar-refractivity contribution is 5.85. The smallest absolute Gasteiger partial charge is 0.243 e. The fourth-order valence-electron chi connectivity index (χ4n) is 2.92. The van der Waals surface area contributed by atoms with Crippen molar-refractivity contribution in [1.82, 2.24) is 15.5 Å². The highest BCUT2D eigenvalue weighted by atomic mass is 19.1. The number of benzene rings is 1. The molecule has 1 atom stereocenters. The Morgan fingerprint density at radius 2 is 2.11 bits per heavy atom. The molecule has 0 saturated heterocycles. The summed E-state index contributed by atoms with van der Waals surface area (Å²) >= 11 is 0. The molecule has 7 heteroatoms. The van der Waals surface area contributed by atoms with Gasteiger partial charge in [0.05, 0.1) is 6.54 Å². The van der Waals surface area contributed by atoms with Gasteiger partial charge in [-0.2, -0.15) is 0 Å². The Morgan fingerprint density at radius 3 is 2.74 bits per heavy atom. The number of halogens is 1. The molecule has 0 spiro atoms. The summed E-state index contributed by atoms with van der Waals surface area (Å²) in [7, 11) is 3.44. The first-order valence-corrected chi connectivity index (χ1v) is 9.65. The number of guanidine groups is 1. The molecule has 1 aliphatic rings. The van der Waals surface area contributed by atoms with Crippen LogP contribution < -0.4 is 15.4 Å². The predicted octanol–water partition coefficient (Wildman–Crippen LogP) is 2.55. The number of nitrogens with zero attached hydrogens (tertiary/aromatic N) is 2. The van der Waals surface area contributed by atoms with Crippen molar-refractivity contribution >= 4 is 11.9 Å². The minimum absolute atomic E-state index is 0.0504. The van der Waals surface area contributed by atoms with E-state index in [4.69, 9.17) is 4.74 Å². The van der Waals surface area contributed by atoms with Crippen molar-refractivity contribution in [2.75, 3.05) is 27.2 Å². The first-order valence-electron chi connectivity index (χ1n) is 9.65. The average molecular weight is 378 g/mol. The SMILES string of the molecule is CCC(CNC(=NCC(=O)N(C)C)NC1CCCC1)Oc1cccc(F)c1. The quantitative estimate of drug-likeness (QED) is 0.539. The topological polar surface area (TPSA) is 66.0 Å². The van der Waals surface area contributed by atoms with Crippen LogP contribution in [0.15, 0.2) is 29.3 Å². The molecule has 0 radical (unpaired) electrons. The van der Waals surface area contributed by atoms with Crippen LogP contribution in [0.25, 0.3) is 0 Å². The molecule has 1 aromatic carbocycles. The van der Waals surface area contributed by atoms with Crippen LogP contribution in [-0.4, -0.2) is 56.1 Å². The van der Waals surface area contributed by atoms with Crippen LogP contribution in [0, 0.1) is 5.82 Å². The number of nitrogens with one attached hydrogen (secondary N) is 2. The first-order chi connectivity index (χ1) is 13.0. The van der Waals surface area contributed by atoms with Gasteiger partial charge < -0.3 is 20.3 Å². The van der Waals surface area contributed by atoms with E-state index < -0.39 is 0 Å². The van der Waals surface area contributed by atoms with E-state index in [2.05, 4.69) is 15.6 Å². The van der Waals surface area contributed by atoms with Crippen LogP contribution in [0.5, 0.6) is 5.75 Å². The molecule has 1 aliphatic carbocycles. The minimum Gasteiger partial charge on any atom is -0.489 e. The zero-order valence-corrected chi connectivity index (χ0v) is 16.5. The van der Waals surface area contributed by atoms with E-state index in [1.54, 1.807) is 26.2 Å². The fraction of sp³-hybridized carbons (Fsp3) is 0.600. The number of carbonyl (C=O) groups is 1. The standard InChI is InChI=1S/C20H31FN4O2/c1-4-17(27-18-11-7-8-15(21)12-18)13-22-20(23-14-19(26)25(2)3)24-16-9-5-6-10-16/h7-8,11-12,16-17H,4-6,9-10,13-14H2,1-3H3,(H2,22,23,24). The van der Waals surface area contributed by atoms with Crippen LogP contribution in [0.1, 0.15) is 39.0 Å². The lowest BCUT2D eigenvalue weighted by atomic mass is 10.2. The lowest BCUT2D eigenvalue weighted by Gasteiger charge is -2.22. The Kier molecular flexibility index (Phi) is 8.36. The second-order valence-corrected chi connectivity index (χ2v) is 7.07. The molecule has 1 fully saturated rings. The van der Waals surface area contributed by atoms with Gasteiger partial charge in [-0.1, -0.05) is 25.8 Å². The lowest BCUT2D eigenvalue weighted by Crippen LogP contribution is -2.46. The third-order valence-corrected chi connectivity index (χ3v) is 4.62. The van der Waals surface area contributed by atoms with Crippen molar-refractivity contribution in [3.8, 4) is 5.75 Å². The van der Waals surface area contributed by atoms with Gasteiger partial charge in [-0.3, -0.25) is 4.79 Å². The predicted molar refractivity (Wildman–Crippen MR) is 105 cm³/mol. The Labute approximate surface area is 161 Å². The van der Waals surface area contributed by atoms with E-state index in [0.29, 0.717) is 24.3 Å². The van der Waals surface area contributed by atoms with Crippen LogP contribution in [-0.2, 0) is 4.79 Å². The number of hydrogen-bond donors (Lipinski definition) is 2. The van der Waals surface area contributed by atoms with E-state index in [-0.39, 0.29) is 24.4 Å². The molecular formula is C20H31FN4O2. The number of hydrogen-bond acceptors (Lipinski definition) is 3. The molecule has 0 aromatic heterocycles. The van der Waals surface area contributed by atoms with Gasteiger partial charge in [0.25, 0.3) is 0 Å². The van der Waals surface area contributed by atoms with Gasteiger partial charge in [0.2, 0.25) is 5.91 Å². The molecule has 0 aliphatic heterocycles. The molecule has 2 rings (SSSR count). The summed E-state index contributed by atoms with van der Waals surface area (Å²) in [6.45, 7) is 2.63. The molecule has 1 unspecified atom stereocenters. The van der Waals surface area contributed by atoms with E-state index in [1.165, 1.54) is 29.9 Å². The van der Waals surface area contributed by atoms with Crippen molar-refractivity contribution in [3.05, 3.63) is 30.1 Å². The third-order valence-electron chi connectivity index (χ3n) is 4.62. The van der Waals surface area contributed by atoms with E-state index >= 15 is 0 Å². The van der Waals surface area contributed by atoms with Crippen LogP contribution >= 0.6 is 0 Å². The van der Waals surface area contributed by atoms with E-state index in [1.807, 2.05) is 6.92 Å². The molecule has 1 amide bonds. The first kappa shape index (κ1) is 21.0. The Bertz CT molecular complexity index is 630.